The highest BCUT2D eigenvalue weighted by atomic mass is 32.2. The number of esters is 1. The number of amides is 1. The van der Waals surface area contributed by atoms with Gasteiger partial charge >= 0.3 is 5.97 Å². The Morgan fingerprint density at radius 2 is 1.77 bits per heavy atom. The van der Waals surface area contributed by atoms with E-state index in [1.54, 1.807) is 19.1 Å². The number of carbonyl (C=O) groups is 2. The van der Waals surface area contributed by atoms with Crippen molar-refractivity contribution in [3.05, 3.63) is 65.7 Å². The fourth-order valence-corrected chi connectivity index (χ4v) is 3.17. The van der Waals surface area contributed by atoms with Gasteiger partial charge in [0.1, 0.15) is 0 Å². The molecule has 2 aromatic carbocycles. The van der Waals surface area contributed by atoms with Gasteiger partial charge in [-0.15, -0.1) is 0 Å². The molecule has 0 bridgehead atoms. The van der Waals surface area contributed by atoms with Crippen LogP contribution in [0.25, 0.3) is 0 Å². The van der Waals surface area contributed by atoms with E-state index in [1.807, 2.05) is 18.2 Å². The molecular formula is C18H20N2O5S. The monoisotopic (exact) mass is 376 g/mol. The summed E-state index contributed by atoms with van der Waals surface area (Å²) in [6, 6.07) is 14.5. The Kier molecular flexibility index (Phi) is 6.88. The van der Waals surface area contributed by atoms with Crippen LogP contribution in [0.2, 0.25) is 0 Å². The third-order valence-electron chi connectivity index (χ3n) is 3.40. The zero-order chi connectivity index (χ0) is 19.0. The van der Waals surface area contributed by atoms with Gasteiger partial charge in [-0.05, 0) is 30.7 Å². The van der Waals surface area contributed by atoms with Crippen molar-refractivity contribution in [2.24, 2.45) is 0 Å². The largest absolute Gasteiger partial charge is 0.452 e. The molecule has 0 radical (unpaired) electrons. The molecule has 0 spiro atoms. The van der Waals surface area contributed by atoms with Gasteiger partial charge in [0.25, 0.3) is 5.91 Å². The molecule has 0 heterocycles. The van der Waals surface area contributed by atoms with Gasteiger partial charge in [0.15, 0.2) is 6.61 Å². The molecule has 8 heteroatoms. The number of carbonyl (C=O) groups excluding carboxylic acids is 2. The van der Waals surface area contributed by atoms with Crippen LogP contribution in [0, 0.1) is 0 Å². The smallest absolute Gasteiger partial charge is 0.338 e. The SMILES string of the molecule is CCNC(=O)COC(=O)c1cccc(S(=O)(=O)NCc2ccccc2)c1. The van der Waals surface area contributed by atoms with Gasteiger partial charge in [-0.2, -0.15) is 0 Å². The number of rotatable bonds is 8. The first-order valence-electron chi connectivity index (χ1n) is 8.00. The molecule has 0 saturated heterocycles. The molecule has 0 saturated carbocycles. The van der Waals surface area contributed by atoms with E-state index >= 15 is 0 Å². The van der Waals surface area contributed by atoms with Crippen molar-refractivity contribution in [1.29, 1.82) is 0 Å². The maximum Gasteiger partial charge on any atom is 0.338 e. The third-order valence-corrected chi connectivity index (χ3v) is 4.80. The third kappa shape index (κ3) is 5.68. The van der Waals surface area contributed by atoms with Crippen LogP contribution in [-0.2, 0) is 26.1 Å². The molecule has 0 aliphatic rings. The minimum atomic E-state index is -3.79. The van der Waals surface area contributed by atoms with Gasteiger partial charge in [0, 0.05) is 13.1 Å². The summed E-state index contributed by atoms with van der Waals surface area (Å²) < 4.78 is 32.2. The van der Waals surface area contributed by atoms with Crippen LogP contribution in [0.4, 0.5) is 0 Å². The molecule has 0 fully saturated rings. The quantitative estimate of drug-likeness (QED) is 0.679. The van der Waals surface area contributed by atoms with Gasteiger partial charge in [0.2, 0.25) is 10.0 Å². The molecule has 7 nitrogen and oxygen atoms in total. The average Bonchev–Trinajstić information content (AvgIpc) is 2.66. The number of hydrogen-bond acceptors (Lipinski definition) is 5. The predicted molar refractivity (Wildman–Crippen MR) is 95.9 cm³/mol. The number of likely N-dealkylation sites (N-methyl/N-ethyl adjacent to an activating group) is 1. The van der Waals surface area contributed by atoms with Gasteiger partial charge in [-0.1, -0.05) is 36.4 Å². The summed E-state index contributed by atoms with van der Waals surface area (Å²) >= 11 is 0. The second-order valence-corrected chi connectivity index (χ2v) is 7.13. The van der Waals surface area contributed by atoms with Crippen LogP contribution < -0.4 is 10.0 Å². The number of hydrogen-bond donors (Lipinski definition) is 2. The fraction of sp³-hybridized carbons (Fsp3) is 0.222. The number of sulfonamides is 1. The van der Waals surface area contributed by atoms with E-state index in [1.165, 1.54) is 24.3 Å². The van der Waals surface area contributed by atoms with Gasteiger partial charge < -0.3 is 10.1 Å². The van der Waals surface area contributed by atoms with Crippen LogP contribution in [0.15, 0.2) is 59.5 Å². The van der Waals surface area contributed by atoms with Crippen LogP contribution in [-0.4, -0.2) is 33.4 Å². The minimum absolute atomic E-state index is 0.0527. The molecule has 0 aromatic heterocycles. The highest BCUT2D eigenvalue weighted by Crippen LogP contribution is 2.13. The van der Waals surface area contributed by atoms with Crippen molar-refractivity contribution in [1.82, 2.24) is 10.0 Å². The highest BCUT2D eigenvalue weighted by Gasteiger charge is 2.17. The summed E-state index contributed by atoms with van der Waals surface area (Å²) in [5.74, 6) is -1.19. The lowest BCUT2D eigenvalue weighted by Gasteiger charge is -2.09. The Morgan fingerprint density at radius 1 is 1.04 bits per heavy atom. The van der Waals surface area contributed by atoms with E-state index in [0.29, 0.717) is 6.54 Å². The Morgan fingerprint density at radius 3 is 2.46 bits per heavy atom. The van der Waals surface area contributed by atoms with Crippen molar-refractivity contribution < 1.29 is 22.7 Å². The summed E-state index contributed by atoms with van der Waals surface area (Å²) in [7, 11) is -3.79. The zero-order valence-electron chi connectivity index (χ0n) is 14.3. The summed E-state index contributed by atoms with van der Waals surface area (Å²) in [5.41, 5.74) is 0.866. The molecule has 26 heavy (non-hydrogen) atoms. The van der Waals surface area contributed by atoms with E-state index in [2.05, 4.69) is 10.0 Å². The summed E-state index contributed by atoms with van der Waals surface area (Å²) in [5, 5.41) is 2.50. The molecule has 1 amide bonds. The molecule has 0 aliphatic carbocycles. The van der Waals surface area contributed by atoms with Crippen molar-refractivity contribution >= 4 is 21.9 Å². The van der Waals surface area contributed by atoms with Crippen LogP contribution >= 0.6 is 0 Å². The van der Waals surface area contributed by atoms with E-state index in [4.69, 9.17) is 4.74 Å². The maximum atomic E-state index is 12.4. The molecular weight excluding hydrogens is 356 g/mol. The van der Waals surface area contributed by atoms with E-state index in [9.17, 15) is 18.0 Å². The van der Waals surface area contributed by atoms with Crippen molar-refractivity contribution in [2.75, 3.05) is 13.2 Å². The topological polar surface area (TPSA) is 102 Å². The summed E-state index contributed by atoms with van der Waals surface area (Å²) in [6.07, 6.45) is 0. The maximum absolute atomic E-state index is 12.4. The Labute approximate surface area is 152 Å². The Hall–Kier alpha value is -2.71. The molecule has 0 unspecified atom stereocenters. The highest BCUT2D eigenvalue weighted by molar-refractivity contribution is 7.89. The number of benzene rings is 2. The second kappa shape index (κ2) is 9.12. The van der Waals surface area contributed by atoms with Gasteiger partial charge in [-0.25, -0.2) is 17.9 Å². The average molecular weight is 376 g/mol. The zero-order valence-corrected chi connectivity index (χ0v) is 15.1. The van der Waals surface area contributed by atoms with E-state index in [-0.39, 0.29) is 17.0 Å². The van der Waals surface area contributed by atoms with Crippen molar-refractivity contribution in [2.45, 2.75) is 18.4 Å². The molecule has 138 valence electrons. The van der Waals surface area contributed by atoms with Gasteiger partial charge in [0.05, 0.1) is 10.5 Å². The van der Waals surface area contributed by atoms with Crippen LogP contribution in [0.1, 0.15) is 22.8 Å². The molecule has 2 rings (SSSR count). The van der Waals surface area contributed by atoms with Crippen molar-refractivity contribution in [3.8, 4) is 0 Å². The first-order chi connectivity index (χ1) is 12.4. The molecule has 2 aromatic rings. The van der Waals surface area contributed by atoms with Crippen molar-refractivity contribution in [3.63, 3.8) is 0 Å². The standard InChI is InChI=1S/C18H20N2O5S/c1-2-19-17(21)13-25-18(22)15-9-6-10-16(11-15)26(23,24)20-12-14-7-4-3-5-8-14/h3-11,20H,2,12-13H2,1H3,(H,19,21). The normalized spacial score (nSPS) is 11.0. The molecule has 2 N–H and O–H groups in total. The Balaban J connectivity index is 2.04. The van der Waals surface area contributed by atoms with E-state index in [0.717, 1.165) is 5.56 Å². The predicted octanol–water partition coefficient (Wildman–Crippen LogP) is 1.46. The Bertz CT molecular complexity index is 866. The summed E-state index contributed by atoms with van der Waals surface area (Å²) in [4.78, 5) is 23.3. The molecule has 0 aliphatic heterocycles. The van der Waals surface area contributed by atoms with Crippen LogP contribution in [0.3, 0.4) is 0 Å². The first kappa shape index (κ1) is 19.6. The first-order valence-corrected chi connectivity index (χ1v) is 9.48. The van der Waals surface area contributed by atoms with Crippen LogP contribution in [0.5, 0.6) is 0 Å². The summed E-state index contributed by atoms with van der Waals surface area (Å²) in [6.45, 7) is 1.89. The minimum Gasteiger partial charge on any atom is -0.452 e. The van der Waals surface area contributed by atoms with Gasteiger partial charge in [-0.3, -0.25) is 4.79 Å². The second-order valence-electron chi connectivity index (χ2n) is 5.37. The fourth-order valence-electron chi connectivity index (χ4n) is 2.11. The number of nitrogens with one attached hydrogen (secondary N) is 2. The van der Waals surface area contributed by atoms with E-state index < -0.39 is 28.5 Å². The lowest BCUT2D eigenvalue weighted by molar-refractivity contribution is -0.124. The molecule has 0 atom stereocenters. The number of ether oxygens (including phenoxy) is 1. The lowest BCUT2D eigenvalue weighted by atomic mass is 10.2. The lowest BCUT2D eigenvalue weighted by Crippen LogP contribution is -2.28.